The van der Waals surface area contributed by atoms with E-state index in [4.69, 9.17) is 5.73 Å². The van der Waals surface area contributed by atoms with Crippen LogP contribution in [0, 0.1) is 16.0 Å². The van der Waals surface area contributed by atoms with Crippen LogP contribution in [0.4, 0.5) is 11.4 Å². The number of anilines is 1. The maximum absolute atomic E-state index is 12.8. The van der Waals surface area contributed by atoms with E-state index < -0.39 is 28.8 Å². The van der Waals surface area contributed by atoms with E-state index in [1.165, 1.54) is 36.4 Å². The van der Waals surface area contributed by atoms with Crippen LogP contribution in [-0.4, -0.2) is 33.9 Å². The number of nitro benzene ring substituents is 1. The van der Waals surface area contributed by atoms with Crippen LogP contribution in [0.15, 0.2) is 48.5 Å². The molecule has 160 valence electrons. The summed E-state index contributed by atoms with van der Waals surface area (Å²) in [6, 6.07) is 10.0. The van der Waals surface area contributed by atoms with Crippen LogP contribution >= 0.6 is 0 Å². The van der Waals surface area contributed by atoms with Crippen molar-refractivity contribution in [1.29, 1.82) is 0 Å². The number of aromatic hydroxyl groups is 1. The van der Waals surface area contributed by atoms with Crippen molar-refractivity contribution < 1.29 is 19.6 Å². The van der Waals surface area contributed by atoms with Crippen molar-refractivity contribution in [1.82, 2.24) is 5.32 Å². The highest BCUT2D eigenvalue weighted by molar-refractivity contribution is 5.98. The van der Waals surface area contributed by atoms with Crippen LogP contribution in [0.1, 0.15) is 25.8 Å². The summed E-state index contributed by atoms with van der Waals surface area (Å²) in [5, 5.41) is 25.6. The fourth-order valence-corrected chi connectivity index (χ4v) is 2.87. The third-order valence-corrected chi connectivity index (χ3v) is 4.42. The highest BCUT2D eigenvalue weighted by Crippen LogP contribution is 2.17. The monoisotopic (exact) mass is 414 g/mol. The molecule has 2 aromatic rings. The number of benzene rings is 2. The van der Waals surface area contributed by atoms with Gasteiger partial charge in [-0.05, 0) is 42.2 Å². The summed E-state index contributed by atoms with van der Waals surface area (Å²) in [6.45, 7) is 3.89. The quantitative estimate of drug-likeness (QED) is 0.366. The Hall–Kier alpha value is -3.46. The van der Waals surface area contributed by atoms with Gasteiger partial charge in [-0.1, -0.05) is 26.0 Å². The normalized spacial score (nSPS) is 12.8. The number of phenols is 1. The van der Waals surface area contributed by atoms with Crippen molar-refractivity contribution in [2.45, 2.75) is 38.8 Å². The maximum atomic E-state index is 12.8. The Morgan fingerprint density at radius 1 is 1.07 bits per heavy atom. The van der Waals surface area contributed by atoms with Crippen molar-refractivity contribution in [3.05, 3.63) is 64.2 Å². The van der Waals surface area contributed by atoms with E-state index in [1.54, 1.807) is 12.1 Å². The Morgan fingerprint density at radius 2 is 1.67 bits per heavy atom. The lowest BCUT2D eigenvalue weighted by molar-refractivity contribution is -0.384. The summed E-state index contributed by atoms with van der Waals surface area (Å²) in [7, 11) is 0. The molecule has 0 heterocycles. The maximum Gasteiger partial charge on any atom is 0.269 e. The Kier molecular flexibility index (Phi) is 7.88. The smallest absolute Gasteiger partial charge is 0.269 e. The zero-order valence-corrected chi connectivity index (χ0v) is 16.9. The SMILES string of the molecule is CC(C)C[C@H](N)C(=O)N[C@@H](Cc1ccc(O)cc1)C(=O)Nc1ccc([N+](=O)[O-])cc1. The van der Waals surface area contributed by atoms with Gasteiger partial charge in [-0.25, -0.2) is 0 Å². The van der Waals surface area contributed by atoms with Gasteiger partial charge in [0.2, 0.25) is 11.8 Å². The first-order valence-electron chi connectivity index (χ1n) is 9.55. The number of nitrogens with two attached hydrogens (primary N) is 1. The second-order valence-corrected chi connectivity index (χ2v) is 7.46. The number of nitrogens with one attached hydrogen (secondary N) is 2. The topological polar surface area (TPSA) is 148 Å². The number of nitro groups is 1. The minimum absolute atomic E-state index is 0.0913. The Labute approximate surface area is 174 Å². The van der Waals surface area contributed by atoms with Crippen molar-refractivity contribution in [2.75, 3.05) is 5.32 Å². The molecule has 2 amide bonds. The summed E-state index contributed by atoms with van der Waals surface area (Å²) in [5.74, 6) is -0.614. The van der Waals surface area contributed by atoms with E-state index in [1.807, 2.05) is 13.8 Å². The van der Waals surface area contributed by atoms with Gasteiger partial charge in [-0.3, -0.25) is 19.7 Å². The average Bonchev–Trinajstić information content (AvgIpc) is 2.68. The molecule has 0 bridgehead atoms. The third-order valence-electron chi connectivity index (χ3n) is 4.42. The number of hydrogen-bond donors (Lipinski definition) is 4. The Balaban J connectivity index is 2.15. The molecular weight excluding hydrogens is 388 g/mol. The van der Waals surface area contributed by atoms with Gasteiger partial charge < -0.3 is 21.5 Å². The number of non-ortho nitro benzene ring substituents is 1. The zero-order valence-electron chi connectivity index (χ0n) is 16.9. The van der Waals surface area contributed by atoms with E-state index in [9.17, 15) is 24.8 Å². The molecule has 0 aliphatic carbocycles. The molecule has 0 saturated carbocycles. The second kappa shape index (κ2) is 10.4. The molecule has 5 N–H and O–H groups in total. The van der Waals surface area contributed by atoms with Gasteiger partial charge in [-0.2, -0.15) is 0 Å². The molecule has 2 atom stereocenters. The summed E-state index contributed by atoms with van der Waals surface area (Å²) >= 11 is 0. The Morgan fingerprint density at radius 3 is 2.20 bits per heavy atom. The summed E-state index contributed by atoms with van der Waals surface area (Å²) in [5.41, 5.74) is 6.93. The number of phenolic OH excluding ortho intramolecular Hbond substituents is 1. The largest absolute Gasteiger partial charge is 0.508 e. The molecule has 0 radical (unpaired) electrons. The second-order valence-electron chi connectivity index (χ2n) is 7.46. The fraction of sp³-hybridized carbons (Fsp3) is 0.333. The highest BCUT2D eigenvalue weighted by Gasteiger charge is 2.25. The lowest BCUT2D eigenvalue weighted by atomic mass is 10.0. The molecule has 9 nitrogen and oxygen atoms in total. The number of amides is 2. The Bertz CT molecular complexity index is 881. The van der Waals surface area contributed by atoms with Crippen molar-refractivity contribution in [2.24, 2.45) is 11.7 Å². The van der Waals surface area contributed by atoms with Crippen LogP contribution in [0.25, 0.3) is 0 Å². The minimum atomic E-state index is -0.921. The van der Waals surface area contributed by atoms with E-state index >= 15 is 0 Å². The van der Waals surface area contributed by atoms with Gasteiger partial charge in [0.1, 0.15) is 11.8 Å². The van der Waals surface area contributed by atoms with Crippen LogP contribution in [-0.2, 0) is 16.0 Å². The molecule has 0 aliphatic heterocycles. The van der Waals surface area contributed by atoms with Crippen LogP contribution < -0.4 is 16.4 Å². The molecule has 9 heteroatoms. The molecule has 0 unspecified atom stereocenters. The van der Waals surface area contributed by atoms with Gasteiger partial charge in [-0.15, -0.1) is 0 Å². The minimum Gasteiger partial charge on any atom is -0.508 e. The standard InChI is InChI=1S/C21H26N4O5/c1-13(2)11-18(22)20(27)24-19(12-14-3-9-17(26)10-4-14)21(28)23-15-5-7-16(8-6-15)25(29)30/h3-10,13,18-19,26H,11-12,22H2,1-2H3,(H,23,28)(H,24,27)/t18-,19-/m0/s1. The molecule has 2 aromatic carbocycles. The van der Waals surface area contributed by atoms with Crippen molar-refractivity contribution in [3.8, 4) is 5.75 Å². The molecule has 30 heavy (non-hydrogen) atoms. The summed E-state index contributed by atoms with van der Waals surface area (Å²) in [6.07, 6.45) is 0.654. The van der Waals surface area contributed by atoms with Crippen LogP contribution in [0.5, 0.6) is 5.75 Å². The van der Waals surface area contributed by atoms with Gasteiger partial charge in [0, 0.05) is 24.2 Å². The van der Waals surface area contributed by atoms with E-state index in [2.05, 4.69) is 10.6 Å². The third kappa shape index (κ3) is 6.85. The number of nitrogens with zero attached hydrogens (tertiary/aromatic N) is 1. The first-order valence-corrected chi connectivity index (χ1v) is 9.55. The van der Waals surface area contributed by atoms with Crippen LogP contribution in [0.2, 0.25) is 0 Å². The molecule has 0 spiro atoms. The highest BCUT2D eigenvalue weighted by atomic mass is 16.6. The number of carbonyl (C=O) groups is 2. The molecule has 2 rings (SSSR count). The van der Waals surface area contributed by atoms with E-state index in [-0.39, 0.29) is 23.8 Å². The zero-order chi connectivity index (χ0) is 22.3. The lowest BCUT2D eigenvalue weighted by Crippen LogP contribution is -2.51. The van der Waals surface area contributed by atoms with Crippen LogP contribution in [0.3, 0.4) is 0 Å². The number of carbonyl (C=O) groups excluding carboxylic acids is 2. The predicted octanol–water partition coefficient (Wildman–Crippen LogP) is 2.34. The van der Waals surface area contributed by atoms with E-state index in [0.717, 1.165) is 5.56 Å². The number of hydrogen-bond acceptors (Lipinski definition) is 6. The van der Waals surface area contributed by atoms with Crippen molar-refractivity contribution >= 4 is 23.2 Å². The first kappa shape index (κ1) is 22.8. The molecule has 0 aliphatic rings. The first-order chi connectivity index (χ1) is 14.2. The number of rotatable bonds is 9. The summed E-state index contributed by atoms with van der Waals surface area (Å²) in [4.78, 5) is 35.6. The predicted molar refractivity (Wildman–Crippen MR) is 113 cm³/mol. The van der Waals surface area contributed by atoms with Gasteiger partial charge >= 0.3 is 0 Å². The van der Waals surface area contributed by atoms with Gasteiger partial charge in [0.05, 0.1) is 11.0 Å². The van der Waals surface area contributed by atoms with Gasteiger partial charge in [0.25, 0.3) is 5.69 Å². The van der Waals surface area contributed by atoms with Gasteiger partial charge in [0.15, 0.2) is 0 Å². The molecule has 0 saturated heterocycles. The lowest BCUT2D eigenvalue weighted by Gasteiger charge is -2.21. The van der Waals surface area contributed by atoms with E-state index in [0.29, 0.717) is 12.1 Å². The average molecular weight is 414 g/mol. The molecular formula is C21H26N4O5. The summed E-state index contributed by atoms with van der Waals surface area (Å²) < 4.78 is 0. The fourth-order valence-electron chi connectivity index (χ4n) is 2.87. The molecule has 0 aromatic heterocycles. The molecule has 0 fully saturated rings. The van der Waals surface area contributed by atoms with Crippen molar-refractivity contribution in [3.63, 3.8) is 0 Å².